The van der Waals surface area contributed by atoms with Gasteiger partial charge < -0.3 is 10.1 Å². The van der Waals surface area contributed by atoms with Gasteiger partial charge in [0.2, 0.25) is 0 Å². The summed E-state index contributed by atoms with van der Waals surface area (Å²) in [6.07, 6.45) is 0. The average molecular weight is 283 g/mol. The van der Waals surface area contributed by atoms with Crippen molar-refractivity contribution in [2.45, 2.75) is 6.54 Å². The van der Waals surface area contributed by atoms with Crippen molar-refractivity contribution in [1.82, 2.24) is 0 Å². The van der Waals surface area contributed by atoms with E-state index in [4.69, 9.17) is 10.00 Å². The fourth-order valence-electron chi connectivity index (χ4n) is 1.89. The third-order valence-electron chi connectivity index (χ3n) is 2.93. The van der Waals surface area contributed by atoms with E-state index < -0.39 is 4.92 Å². The number of nitro groups is 1. The van der Waals surface area contributed by atoms with Gasteiger partial charge in [-0.25, -0.2) is 0 Å². The topological polar surface area (TPSA) is 88.2 Å². The zero-order chi connectivity index (χ0) is 15.2. The van der Waals surface area contributed by atoms with E-state index >= 15 is 0 Å². The Balaban J connectivity index is 2.15. The lowest BCUT2D eigenvalue weighted by Gasteiger charge is -2.08. The molecule has 0 aliphatic heterocycles. The number of nitrogens with zero attached hydrogens (tertiary/aromatic N) is 2. The Morgan fingerprint density at radius 3 is 2.81 bits per heavy atom. The lowest BCUT2D eigenvalue weighted by Crippen LogP contribution is -2.01. The van der Waals surface area contributed by atoms with E-state index in [1.54, 1.807) is 30.3 Å². The molecule has 106 valence electrons. The van der Waals surface area contributed by atoms with Crippen molar-refractivity contribution in [2.75, 3.05) is 12.4 Å². The van der Waals surface area contributed by atoms with Crippen LogP contribution in [0.5, 0.6) is 5.75 Å². The van der Waals surface area contributed by atoms with Crippen LogP contribution >= 0.6 is 0 Å². The number of methoxy groups -OCH3 is 1. The largest absolute Gasteiger partial charge is 0.490 e. The fraction of sp³-hybridized carbons (Fsp3) is 0.133. The molecule has 0 radical (unpaired) electrons. The Morgan fingerprint density at radius 1 is 1.33 bits per heavy atom. The zero-order valence-corrected chi connectivity index (χ0v) is 11.4. The maximum Gasteiger partial charge on any atom is 0.311 e. The van der Waals surface area contributed by atoms with Crippen LogP contribution in [0, 0.1) is 21.4 Å². The molecule has 0 heterocycles. The average Bonchev–Trinajstić information content (AvgIpc) is 2.52. The van der Waals surface area contributed by atoms with E-state index in [1.807, 2.05) is 6.07 Å². The number of hydrogen-bond acceptors (Lipinski definition) is 5. The zero-order valence-electron chi connectivity index (χ0n) is 11.4. The van der Waals surface area contributed by atoms with Crippen molar-refractivity contribution in [3.8, 4) is 11.8 Å². The second kappa shape index (κ2) is 6.39. The number of benzene rings is 2. The summed E-state index contributed by atoms with van der Waals surface area (Å²) in [6.45, 7) is 0.416. The summed E-state index contributed by atoms with van der Waals surface area (Å²) in [5, 5.41) is 22.9. The highest BCUT2D eigenvalue weighted by molar-refractivity contribution is 5.52. The van der Waals surface area contributed by atoms with Crippen LogP contribution in [0.3, 0.4) is 0 Å². The minimum Gasteiger partial charge on any atom is -0.490 e. The molecule has 6 heteroatoms. The van der Waals surface area contributed by atoms with Crippen LogP contribution in [0.25, 0.3) is 0 Å². The highest BCUT2D eigenvalue weighted by Crippen LogP contribution is 2.27. The van der Waals surface area contributed by atoms with Gasteiger partial charge in [0.25, 0.3) is 0 Å². The second-order valence-electron chi connectivity index (χ2n) is 4.31. The third kappa shape index (κ3) is 3.48. The molecule has 2 aromatic rings. The lowest BCUT2D eigenvalue weighted by atomic mass is 10.1. The maximum absolute atomic E-state index is 11.0. The third-order valence-corrected chi connectivity index (χ3v) is 2.93. The molecule has 1 N–H and O–H groups in total. The summed E-state index contributed by atoms with van der Waals surface area (Å²) in [7, 11) is 1.40. The van der Waals surface area contributed by atoms with E-state index in [1.165, 1.54) is 13.2 Å². The smallest absolute Gasteiger partial charge is 0.311 e. The molecule has 2 rings (SSSR count). The highest BCUT2D eigenvalue weighted by atomic mass is 16.6. The van der Waals surface area contributed by atoms with Crippen molar-refractivity contribution in [3.63, 3.8) is 0 Å². The van der Waals surface area contributed by atoms with Crippen molar-refractivity contribution in [1.29, 1.82) is 5.26 Å². The standard InChI is InChI=1S/C15H13N3O3/c1-21-15-6-5-12(8-14(15)18(19)20)10-17-13-4-2-3-11(7-13)9-16/h2-8,17H,10H2,1H3. The van der Waals surface area contributed by atoms with E-state index in [9.17, 15) is 10.1 Å². The SMILES string of the molecule is COc1ccc(CNc2cccc(C#N)c2)cc1[N+](=O)[O-]. The first kappa shape index (κ1) is 14.3. The van der Waals surface area contributed by atoms with Crippen molar-refractivity contribution in [2.24, 2.45) is 0 Å². The molecule has 0 aliphatic rings. The Kier molecular flexibility index (Phi) is 4.36. The van der Waals surface area contributed by atoms with Crippen LogP contribution in [0.2, 0.25) is 0 Å². The van der Waals surface area contributed by atoms with Gasteiger partial charge >= 0.3 is 5.69 Å². The number of ether oxygens (including phenoxy) is 1. The molecule has 0 aromatic heterocycles. The summed E-state index contributed by atoms with van der Waals surface area (Å²) in [5.74, 6) is 0.232. The van der Waals surface area contributed by atoms with Gasteiger partial charge in [0, 0.05) is 18.3 Å². The molecule has 6 nitrogen and oxygen atoms in total. The molecule has 0 spiro atoms. The molecule has 0 atom stereocenters. The van der Waals surface area contributed by atoms with Gasteiger partial charge in [-0.05, 0) is 29.8 Å². The number of anilines is 1. The van der Waals surface area contributed by atoms with Crippen LogP contribution in [-0.4, -0.2) is 12.0 Å². The van der Waals surface area contributed by atoms with Gasteiger partial charge in [0.15, 0.2) is 5.75 Å². The van der Waals surface area contributed by atoms with Crippen LogP contribution in [0.1, 0.15) is 11.1 Å². The minimum atomic E-state index is -0.474. The van der Waals surface area contributed by atoms with Gasteiger partial charge in [-0.2, -0.15) is 5.26 Å². The minimum absolute atomic E-state index is 0.0671. The molecular formula is C15H13N3O3. The normalized spacial score (nSPS) is 9.71. The van der Waals surface area contributed by atoms with E-state index in [-0.39, 0.29) is 11.4 Å². The Labute approximate surface area is 121 Å². The van der Waals surface area contributed by atoms with E-state index in [2.05, 4.69) is 11.4 Å². The van der Waals surface area contributed by atoms with Crippen LogP contribution in [0.4, 0.5) is 11.4 Å². The molecule has 0 unspecified atom stereocenters. The van der Waals surface area contributed by atoms with Crippen LogP contribution in [0.15, 0.2) is 42.5 Å². The van der Waals surface area contributed by atoms with Crippen LogP contribution in [-0.2, 0) is 6.54 Å². The molecular weight excluding hydrogens is 270 g/mol. The van der Waals surface area contributed by atoms with Crippen molar-refractivity contribution < 1.29 is 9.66 Å². The predicted molar refractivity (Wildman–Crippen MR) is 78.1 cm³/mol. The quantitative estimate of drug-likeness (QED) is 0.673. The summed E-state index contributed by atoms with van der Waals surface area (Å²) >= 11 is 0. The first-order chi connectivity index (χ1) is 10.1. The first-order valence-corrected chi connectivity index (χ1v) is 6.19. The predicted octanol–water partition coefficient (Wildman–Crippen LogP) is 3.09. The molecule has 0 fully saturated rings. The Bertz CT molecular complexity index is 708. The van der Waals surface area contributed by atoms with Crippen molar-refractivity contribution >= 4 is 11.4 Å². The van der Waals surface area contributed by atoms with Gasteiger partial charge in [-0.1, -0.05) is 12.1 Å². The van der Waals surface area contributed by atoms with E-state index in [0.717, 1.165) is 11.3 Å². The summed E-state index contributed by atoms with van der Waals surface area (Å²) in [4.78, 5) is 10.5. The maximum atomic E-state index is 11.0. The monoisotopic (exact) mass is 283 g/mol. The fourth-order valence-corrected chi connectivity index (χ4v) is 1.89. The lowest BCUT2D eigenvalue weighted by molar-refractivity contribution is -0.385. The number of nitrogens with one attached hydrogen (secondary N) is 1. The van der Waals surface area contributed by atoms with Crippen molar-refractivity contribution in [3.05, 3.63) is 63.7 Å². The molecule has 2 aromatic carbocycles. The van der Waals surface area contributed by atoms with Gasteiger partial charge in [-0.3, -0.25) is 10.1 Å². The second-order valence-corrected chi connectivity index (χ2v) is 4.31. The summed E-state index contributed by atoms with van der Waals surface area (Å²) in [5.41, 5.74) is 2.03. The van der Waals surface area contributed by atoms with Gasteiger partial charge in [-0.15, -0.1) is 0 Å². The number of hydrogen-bond donors (Lipinski definition) is 1. The molecule has 0 saturated heterocycles. The summed E-state index contributed by atoms with van der Waals surface area (Å²) < 4.78 is 4.96. The van der Waals surface area contributed by atoms with E-state index in [0.29, 0.717) is 12.1 Å². The number of nitro benzene ring substituents is 1. The number of rotatable bonds is 5. The molecule has 0 aliphatic carbocycles. The summed E-state index contributed by atoms with van der Waals surface area (Å²) in [6, 6.07) is 13.9. The molecule has 21 heavy (non-hydrogen) atoms. The Morgan fingerprint density at radius 2 is 2.14 bits per heavy atom. The number of nitriles is 1. The molecule has 0 amide bonds. The first-order valence-electron chi connectivity index (χ1n) is 6.19. The van der Waals surface area contributed by atoms with Gasteiger partial charge in [0.05, 0.1) is 23.7 Å². The molecule has 0 bridgehead atoms. The highest BCUT2D eigenvalue weighted by Gasteiger charge is 2.14. The van der Waals surface area contributed by atoms with Gasteiger partial charge in [0.1, 0.15) is 0 Å². The molecule has 0 saturated carbocycles. The Hall–Kier alpha value is -3.07. The van der Waals surface area contributed by atoms with Crippen LogP contribution < -0.4 is 10.1 Å².